The zero-order valence-corrected chi connectivity index (χ0v) is 13.0. The van der Waals surface area contributed by atoms with Crippen molar-refractivity contribution in [3.05, 3.63) is 84.3 Å². The molecule has 3 heterocycles. The molecule has 0 unspecified atom stereocenters. The highest BCUT2D eigenvalue weighted by Gasteiger charge is 2.14. The van der Waals surface area contributed by atoms with Crippen LogP contribution < -0.4 is 11.1 Å². The van der Waals surface area contributed by atoms with Crippen molar-refractivity contribution in [1.29, 1.82) is 5.26 Å². The summed E-state index contributed by atoms with van der Waals surface area (Å²) in [5, 5.41) is 19.9. The Kier molecular flexibility index (Phi) is 3.86. The number of pyridine rings is 2. The van der Waals surface area contributed by atoms with Crippen molar-refractivity contribution in [2.45, 2.75) is 13.5 Å². The molecular weight excluding hydrogens is 326 g/mol. The van der Waals surface area contributed by atoms with E-state index in [1.807, 2.05) is 6.92 Å². The van der Waals surface area contributed by atoms with Crippen LogP contribution in [-0.4, -0.2) is 18.9 Å². The van der Waals surface area contributed by atoms with Crippen molar-refractivity contribution in [3.63, 3.8) is 0 Å². The average Bonchev–Trinajstić information content (AvgIpc) is 2.56. The van der Waals surface area contributed by atoms with Gasteiger partial charge in [0.2, 0.25) is 0 Å². The number of rotatable bonds is 3. The molecule has 0 aromatic carbocycles. The monoisotopic (exact) mass is 337 g/mol. The predicted octanol–water partition coefficient (Wildman–Crippen LogP) is 0.993. The zero-order valence-electron chi connectivity index (χ0n) is 13.0. The fourth-order valence-corrected chi connectivity index (χ4v) is 2.43. The van der Waals surface area contributed by atoms with Gasteiger partial charge in [-0.1, -0.05) is 0 Å². The standard InChI is InChI=1S/C16H11N5O4/c1-10-2-3-20-14(4-10)18-12(6-15(20)22)8-19-9-13(21(24)25)5-11(7-17)16(19)23/h2-6,9H,8H2,1H3. The minimum Gasteiger partial charge on any atom is -0.302 e. The van der Waals surface area contributed by atoms with E-state index in [1.165, 1.54) is 10.5 Å². The number of nitrogens with zero attached hydrogens (tertiary/aromatic N) is 5. The molecule has 0 bridgehead atoms. The zero-order chi connectivity index (χ0) is 18.1. The van der Waals surface area contributed by atoms with Gasteiger partial charge in [-0.3, -0.25) is 24.1 Å². The topological polar surface area (TPSA) is 123 Å². The van der Waals surface area contributed by atoms with Crippen molar-refractivity contribution >= 4 is 11.3 Å². The molecule has 0 saturated carbocycles. The molecule has 0 aliphatic carbocycles. The summed E-state index contributed by atoms with van der Waals surface area (Å²) in [6.45, 7) is 1.69. The number of nitro groups is 1. The second-order valence-corrected chi connectivity index (χ2v) is 5.43. The lowest BCUT2D eigenvalue weighted by atomic mass is 10.2. The fourth-order valence-electron chi connectivity index (χ4n) is 2.43. The minimum atomic E-state index is -0.692. The first-order chi connectivity index (χ1) is 11.9. The predicted molar refractivity (Wildman–Crippen MR) is 87.4 cm³/mol. The maximum absolute atomic E-state index is 12.2. The van der Waals surface area contributed by atoms with Gasteiger partial charge < -0.3 is 4.57 Å². The van der Waals surface area contributed by atoms with Crippen molar-refractivity contribution in [1.82, 2.24) is 14.0 Å². The first-order valence-corrected chi connectivity index (χ1v) is 7.17. The highest BCUT2D eigenvalue weighted by molar-refractivity contribution is 5.42. The number of aromatic nitrogens is 3. The van der Waals surface area contributed by atoms with Crippen LogP contribution in [0.1, 0.15) is 16.8 Å². The summed E-state index contributed by atoms with van der Waals surface area (Å²) < 4.78 is 2.36. The van der Waals surface area contributed by atoms with Crippen LogP contribution in [0.4, 0.5) is 5.69 Å². The van der Waals surface area contributed by atoms with E-state index in [4.69, 9.17) is 5.26 Å². The third-order valence-electron chi connectivity index (χ3n) is 3.61. The summed E-state index contributed by atoms with van der Waals surface area (Å²) in [7, 11) is 0. The molecule has 9 nitrogen and oxygen atoms in total. The van der Waals surface area contributed by atoms with Crippen molar-refractivity contribution < 1.29 is 4.92 Å². The Hall–Kier alpha value is -3.80. The molecule has 0 saturated heterocycles. The van der Waals surface area contributed by atoms with Crippen LogP contribution >= 0.6 is 0 Å². The third-order valence-corrected chi connectivity index (χ3v) is 3.61. The Morgan fingerprint density at radius 3 is 2.76 bits per heavy atom. The lowest BCUT2D eigenvalue weighted by molar-refractivity contribution is -0.385. The smallest absolute Gasteiger partial charge is 0.287 e. The molecule has 3 rings (SSSR count). The lowest BCUT2D eigenvalue weighted by Gasteiger charge is -2.07. The highest BCUT2D eigenvalue weighted by atomic mass is 16.6. The molecule has 0 radical (unpaired) electrons. The number of aryl methyl sites for hydroxylation is 1. The second-order valence-electron chi connectivity index (χ2n) is 5.43. The van der Waals surface area contributed by atoms with Crippen LogP contribution in [0.25, 0.3) is 5.65 Å². The molecule has 0 amide bonds. The van der Waals surface area contributed by atoms with E-state index < -0.39 is 10.5 Å². The molecule has 3 aromatic rings. The Bertz CT molecular complexity index is 1170. The van der Waals surface area contributed by atoms with Crippen molar-refractivity contribution in [2.24, 2.45) is 0 Å². The van der Waals surface area contributed by atoms with Gasteiger partial charge in [0.15, 0.2) is 0 Å². The molecule has 0 N–H and O–H groups in total. The molecule has 0 aliphatic rings. The maximum atomic E-state index is 12.2. The summed E-state index contributed by atoms with van der Waals surface area (Å²) in [5.74, 6) is 0. The van der Waals surface area contributed by atoms with Gasteiger partial charge in [0.25, 0.3) is 16.8 Å². The minimum absolute atomic E-state index is 0.158. The van der Waals surface area contributed by atoms with Crippen LogP contribution in [0.3, 0.4) is 0 Å². The quantitative estimate of drug-likeness (QED) is 0.518. The highest BCUT2D eigenvalue weighted by Crippen LogP contribution is 2.11. The second kappa shape index (κ2) is 6.01. The van der Waals surface area contributed by atoms with Crippen LogP contribution in [0, 0.1) is 28.4 Å². The van der Waals surface area contributed by atoms with Gasteiger partial charge in [-0.05, 0) is 24.6 Å². The normalized spacial score (nSPS) is 10.6. The van der Waals surface area contributed by atoms with E-state index in [2.05, 4.69) is 4.98 Å². The number of hydrogen-bond donors (Lipinski definition) is 0. The van der Waals surface area contributed by atoms with Crippen molar-refractivity contribution in [2.75, 3.05) is 0 Å². The van der Waals surface area contributed by atoms with Crippen LogP contribution in [0.5, 0.6) is 0 Å². The summed E-state index contributed by atoms with van der Waals surface area (Å²) >= 11 is 0. The molecule has 9 heteroatoms. The number of nitriles is 1. The van der Waals surface area contributed by atoms with Crippen molar-refractivity contribution in [3.8, 4) is 6.07 Å². The van der Waals surface area contributed by atoms with Gasteiger partial charge in [-0.25, -0.2) is 4.98 Å². The summed E-state index contributed by atoms with van der Waals surface area (Å²) in [6, 6.07) is 7.29. The first-order valence-electron chi connectivity index (χ1n) is 7.17. The number of fused-ring (bicyclic) bond motifs is 1. The molecule has 0 aliphatic heterocycles. The molecule has 0 atom stereocenters. The molecule has 25 heavy (non-hydrogen) atoms. The average molecular weight is 337 g/mol. The third kappa shape index (κ3) is 3.00. The van der Waals surface area contributed by atoms with E-state index in [0.29, 0.717) is 5.65 Å². The lowest BCUT2D eigenvalue weighted by Crippen LogP contribution is -2.25. The van der Waals surface area contributed by atoms with Gasteiger partial charge in [0.05, 0.1) is 23.4 Å². The van der Waals surface area contributed by atoms with Crippen LogP contribution in [-0.2, 0) is 6.54 Å². The summed E-state index contributed by atoms with van der Waals surface area (Å²) in [5.41, 5.74) is -0.169. The van der Waals surface area contributed by atoms with E-state index in [-0.39, 0.29) is 29.0 Å². The largest absolute Gasteiger partial charge is 0.302 e. The van der Waals surface area contributed by atoms with E-state index in [1.54, 1.807) is 24.4 Å². The number of hydrogen-bond acceptors (Lipinski definition) is 6. The van der Waals surface area contributed by atoms with E-state index in [9.17, 15) is 19.7 Å². The fraction of sp³-hybridized carbons (Fsp3) is 0.125. The summed E-state index contributed by atoms with van der Waals surface area (Å²) in [4.78, 5) is 38.9. The SMILES string of the molecule is Cc1ccn2c(=O)cc(Cn3cc([N+](=O)[O-])cc(C#N)c3=O)nc2c1. The van der Waals surface area contributed by atoms with Gasteiger partial charge in [0, 0.05) is 18.3 Å². The van der Waals surface area contributed by atoms with Gasteiger partial charge in [0.1, 0.15) is 17.3 Å². The molecule has 3 aromatic heterocycles. The Morgan fingerprint density at radius 1 is 1.32 bits per heavy atom. The Labute approximate surface area is 140 Å². The molecular formula is C16H11N5O4. The maximum Gasteiger partial charge on any atom is 0.287 e. The van der Waals surface area contributed by atoms with E-state index >= 15 is 0 Å². The Morgan fingerprint density at radius 2 is 2.08 bits per heavy atom. The molecule has 124 valence electrons. The van der Waals surface area contributed by atoms with E-state index in [0.717, 1.165) is 22.4 Å². The van der Waals surface area contributed by atoms with Gasteiger partial charge in [-0.15, -0.1) is 0 Å². The summed E-state index contributed by atoms with van der Waals surface area (Å²) in [6.07, 6.45) is 2.63. The van der Waals surface area contributed by atoms with Crippen LogP contribution in [0.2, 0.25) is 0 Å². The van der Waals surface area contributed by atoms with Crippen LogP contribution in [0.15, 0.2) is 46.2 Å². The molecule has 0 fully saturated rings. The van der Waals surface area contributed by atoms with Gasteiger partial charge in [-0.2, -0.15) is 5.26 Å². The first kappa shape index (κ1) is 16.1. The Balaban J connectivity index is 2.14. The van der Waals surface area contributed by atoms with Gasteiger partial charge >= 0.3 is 0 Å². The molecule has 0 spiro atoms.